The predicted octanol–water partition coefficient (Wildman–Crippen LogP) is -0.182. The Bertz CT molecular complexity index is 182. The van der Waals surface area contributed by atoms with E-state index in [2.05, 4.69) is 5.32 Å². The highest BCUT2D eigenvalue weighted by molar-refractivity contribution is 6.30. The average Bonchev–Trinajstić information content (AvgIpc) is 2.02. The summed E-state index contributed by atoms with van der Waals surface area (Å²) in [5, 5.41) is 1.83. The van der Waals surface area contributed by atoms with E-state index in [9.17, 15) is 9.59 Å². The number of hydrogen-bond donors (Lipinski definition) is 1. The van der Waals surface area contributed by atoms with E-state index in [4.69, 9.17) is 11.6 Å². The lowest BCUT2D eigenvalue weighted by Crippen LogP contribution is -2.39. The fraction of sp³-hybridized carbons (Fsp3) is 0.714. The van der Waals surface area contributed by atoms with Gasteiger partial charge in [-0.3, -0.25) is 9.59 Å². The number of amides is 2. The molecule has 0 heterocycles. The minimum atomic E-state index is -0.584. The first-order chi connectivity index (χ1) is 5.49. The van der Waals surface area contributed by atoms with Crippen LogP contribution in [0.4, 0.5) is 0 Å². The molecule has 0 spiro atoms. The SMILES string of the molecule is CNC(=O)CN(C)C(=O)C(C)Cl. The summed E-state index contributed by atoms with van der Waals surface area (Å²) in [5.41, 5.74) is 0. The highest BCUT2D eigenvalue weighted by Crippen LogP contribution is 1.98. The molecule has 0 radical (unpaired) electrons. The van der Waals surface area contributed by atoms with Crippen LogP contribution in [0.2, 0.25) is 0 Å². The summed E-state index contributed by atoms with van der Waals surface area (Å²) in [5.74, 6) is -0.455. The summed E-state index contributed by atoms with van der Waals surface area (Å²) in [6.45, 7) is 1.62. The third kappa shape index (κ3) is 3.57. The maximum atomic E-state index is 11.1. The van der Waals surface area contributed by atoms with Gasteiger partial charge in [-0.1, -0.05) is 0 Å². The number of nitrogens with one attached hydrogen (secondary N) is 1. The largest absolute Gasteiger partial charge is 0.358 e. The van der Waals surface area contributed by atoms with E-state index in [1.54, 1.807) is 6.92 Å². The van der Waals surface area contributed by atoms with Crippen molar-refractivity contribution in [2.24, 2.45) is 0 Å². The molecule has 0 aliphatic rings. The van der Waals surface area contributed by atoms with Crippen LogP contribution in [-0.2, 0) is 9.59 Å². The number of carbonyl (C=O) groups is 2. The van der Waals surface area contributed by atoms with Crippen molar-refractivity contribution in [2.75, 3.05) is 20.6 Å². The van der Waals surface area contributed by atoms with Gasteiger partial charge in [0, 0.05) is 14.1 Å². The topological polar surface area (TPSA) is 49.4 Å². The molecular formula is C7H13ClN2O2. The number of nitrogens with zero attached hydrogens (tertiary/aromatic N) is 1. The molecule has 70 valence electrons. The summed E-state index contributed by atoms with van der Waals surface area (Å²) >= 11 is 5.53. The molecular weight excluding hydrogens is 180 g/mol. The maximum Gasteiger partial charge on any atom is 0.240 e. The molecule has 0 fully saturated rings. The van der Waals surface area contributed by atoms with E-state index in [1.165, 1.54) is 19.0 Å². The van der Waals surface area contributed by atoms with E-state index in [0.29, 0.717) is 0 Å². The van der Waals surface area contributed by atoms with Gasteiger partial charge < -0.3 is 10.2 Å². The van der Waals surface area contributed by atoms with Crippen molar-refractivity contribution in [1.29, 1.82) is 0 Å². The van der Waals surface area contributed by atoms with Crippen LogP contribution in [0.5, 0.6) is 0 Å². The summed E-state index contributed by atoms with van der Waals surface area (Å²) < 4.78 is 0. The summed E-state index contributed by atoms with van der Waals surface area (Å²) in [6.07, 6.45) is 0. The number of alkyl halides is 1. The van der Waals surface area contributed by atoms with Crippen LogP contribution < -0.4 is 5.32 Å². The van der Waals surface area contributed by atoms with Crippen molar-refractivity contribution in [2.45, 2.75) is 12.3 Å². The van der Waals surface area contributed by atoms with Gasteiger partial charge in [0.05, 0.1) is 6.54 Å². The average molecular weight is 193 g/mol. The molecule has 12 heavy (non-hydrogen) atoms. The lowest BCUT2D eigenvalue weighted by atomic mass is 10.4. The van der Waals surface area contributed by atoms with Crippen LogP contribution in [-0.4, -0.2) is 42.7 Å². The molecule has 0 aromatic carbocycles. The van der Waals surface area contributed by atoms with Crippen LogP contribution in [0.1, 0.15) is 6.92 Å². The summed E-state index contributed by atoms with van der Waals surface area (Å²) in [7, 11) is 3.06. The van der Waals surface area contributed by atoms with Crippen LogP contribution >= 0.6 is 11.6 Å². The second-order valence-corrected chi connectivity index (χ2v) is 3.14. The van der Waals surface area contributed by atoms with Crippen molar-refractivity contribution in [3.8, 4) is 0 Å². The Morgan fingerprint density at radius 2 is 2.08 bits per heavy atom. The fourth-order valence-electron chi connectivity index (χ4n) is 0.676. The molecule has 0 aromatic heterocycles. The molecule has 0 rings (SSSR count). The minimum Gasteiger partial charge on any atom is -0.358 e. The minimum absolute atomic E-state index is 0.0480. The molecule has 1 unspecified atom stereocenters. The highest BCUT2D eigenvalue weighted by Gasteiger charge is 2.16. The number of rotatable bonds is 3. The fourth-order valence-corrected chi connectivity index (χ4v) is 0.843. The number of carbonyl (C=O) groups excluding carboxylic acids is 2. The Balaban J connectivity index is 3.95. The lowest BCUT2D eigenvalue weighted by molar-refractivity contribution is -0.134. The van der Waals surface area contributed by atoms with Gasteiger partial charge in [-0.05, 0) is 6.92 Å². The van der Waals surface area contributed by atoms with Crippen molar-refractivity contribution in [3.63, 3.8) is 0 Å². The number of halogens is 1. The standard InChI is InChI=1S/C7H13ClN2O2/c1-5(8)7(12)10(3)4-6(11)9-2/h5H,4H2,1-3H3,(H,9,11). The Morgan fingerprint density at radius 1 is 1.58 bits per heavy atom. The number of hydrogen-bond acceptors (Lipinski definition) is 2. The molecule has 2 amide bonds. The molecule has 0 bridgehead atoms. The van der Waals surface area contributed by atoms with Crippen LogP contribution in [0.15, 0.2) is 0 Å². The predicted molar refractivity (Wildman–Crippen MR) is 47.0 cm³/mol. The van der Waals surface area contributed by atoms with Crippen LogP contribution in [0, 0.1) is 0 Å². The zero-order valence-electron chi connectivity index (χ0n) is 7.43. The van der Waals surface area contributed by atoms with Crippen molar-refractivity contribution in [3.05, 3.63) is 0 Å². The Morgan fingerprint density at radius 3 is 2.42 bits per heavy atom. The van der Waals surface area contributed by atoms with Crippen LogP contribution in [0.3, 0.4) is 0 Å². The quantitative estimate of drug-likeness (QED) is 0.631. The first-order valence-electron chi connectivity index (χ1n) is 3.58. The van der Waals surface area contributed by atoms with E-state index in [0.717, 1.165) is 0 Å². The molecule has 0 saturated heterocycles. The Labute approximate surface area is 76.9 Å². The van der Waals surface area contributed by atoms with Gasteiger partial charge in [-0.15, -0.1) is 11.6 Å². The van der Waals surface area contributed by atoms with E-state index in [1.807, 2.05) is 0 Å². The zero-order valence-corrected chi connectivity index (χ0v) is 8.18. The number of likely N-dealkylation sites (N-methyl/N-ethyl adjacent to an activating group) is 2. The van der Waals surface area contributed by atoms with Gasteiger partial charge in [-0.25, -0.2) is 0 Å². The van der Waals surface area contributed by atoms with Crippen molar-refractivity contribution < 1.29 is 9.59 Å². The van der Waals surface area contributed by atoms with E-state index >= 15 is 0 Å². The third-order valence-electron chi connectivity index (χ3n) is 1.38. The molecule has 4 nitrogen and oxygen atoms in total. The first kappa shape index (κ1) is 11.2. The molecule has 1 N–H and O–H groups in total. The van der Waals surface area contributed by atoms with Crippen molar-refractivity contribution >= 4 is 23.4 Å². The van der Waals surface area contributed by atoms with Gasteiger partial charge in [0.15, 0.2) is 0 Å². The third-order valence-corrected chi connectivity index (χ3v) is 1.56. The monoisotopic (exact) mass is 192 g/mol. The smallest absolute Gasteiger partial charge is 0.240 e. The van der Waals surface area contributed by atoms with E-state index in [-0.39, 0.29) is 18.4 Å². The molecule has 0 aromatic rings. The maximum absolute atomic E-state index is 11.1. The van der Waals surface area contributed by atoms with Gasteiger partial charge >= 0.3 is 0 Å². The summed E-state index contributed by atoms with van der Waals surface area (Å²) in [6, 6.07) is 0. The van der Waals surface area contributed by atoms with Gasteiger partial charge in [0.2, 0.25) is 11.8 Å². The zero-order chi connectivity index (χ0) is 9.72. The molecule has 0 aliphatic heterocycles. The lowest BCUT2D eigenvalue weighted by Gasteiger charge is -2.16. The van der Waals surface area contributed by atoms with Crippen LogP contribution in [0.25, 0.3) is 0 Å². The van der Waals surface area contributed by atoms with Crippen molar-refractivity contribution in [1.82, 2.24) is 10.2 Å². The van der Waals surface area contributed by atoms with Gasteiger partial charge in [-0.2, -0.15) is 0 Å². The normalized spacial score (nSPS) is 12.0. The molecule has 0 saturated carbocycles. The second kappa shape index (κ2) is 4.98. The molecule has 5 heteroatoms. The van der Waals surface area contributed by atoms with Gasteiger partial charge in [0.25, 0.3) is 0 Å². The Kier molecular flexibility index (Phi) is 4.66. The highest BCUT2D eigenvalue weighted by atomic mass is 35.5. The summed E-state index contributed by atoms with van der Waals surface area (Å²) in [4.78, 5) is 23.2. The Hall–Kier alpha value is -0.770. The van der Waals surface area contributed by atoms with Gasteiger partial charge in [0.1, 0.15) is 5.38 Å². The molecule has 1 atom stereocenters. The second-order valence-electron chi connectivity index (χ2n) is 2.48. The molecule has 0 aliphatic carbocycles. The van der Waals surface area contributed by atoms with E-state index < -0.39 is 5.38 Å². The first-order valence-corrected chi connectivity index (χ1v) is 4.02.